The number of carbonyl (C=O) groups is 2. The fourth-order valence-corrected chi connectivity index (χ4v) is 5.29. The standard InChI is InChI=1S/C24H40O19/c1-7(27)2-8-9(28)3-24(23(37)38,43-19(8)13(30)10(29)4-25)39-6-12-14(31)15(32)18(35)22(41-12)42-20-11(5-26)40-21(36)17(34)16(20)33/h8-22,25-26,28-36H,2-6H2,1H3,(H,37,38)/p-1/t8?,9?,10-,11?,12?,13-,14?,15?,16?,17?,18?,19?,20?,21?,22?,24?/m1/s1. The lowest BCUT2D eigenvalue weighted by atomic mass is 9.80. The first kappa shape index (κ1) is 36.0. The molecule has 11 N–H and O–H groups in total. The van der Waals surface area contributed by atoms with Gasteiger partial charge in [0.2, 0.25) is 5.79 Å². The minimum absolute atomic E-state index is 0.422. The molecule has 3 heterocycles. The molecule has 0 aliphatic carbocycles. The average Bonchev–Trinajstić information content (AvgIpc) is 2.96. The van der Waals surface area contributed by atoms with E-state index in [1.807, 2.05) is 0 Å². The van der Waals surface area contributed by atoms with Crippen LogP contribution in [0.4, 0.5) is 0 Å². The minimum atomic E-state index is -2.90. The molecular weight excluding hydrogens is 592 g/mol. The maximum Gasteiger partial charge on any atom is 0.212 e. The van der Waals surface area contributed by atoms with E-state index in [1.165, 1.54) is 0 Å². The number of carboxylic acids is 1. The number of hydrogen-bond acceptors (Lipinski definition) is 19. The van der Waals surface area contributed by atoms with Gasteiger partial charge in [-0.05, 0) is 6.92 Å². The molecule has 0 bridgehead atoms. The first-order valence-electron chi connectivity index (χ1n) is 13.4. The number of aliphatic carboxylic acids is 1. The molecule has 0 spiro atoms. The number of aliphatic hydroxyl groups is 11. The second kappa shape index (κ2) is 14.7. The molecule has 250 valence electrons. The number of carbonyl (C=O) groups excluding carboxylic acids is 2. The maximum absolute atomic E-state index is 12.3. The van der Waals surface area contributed by atoms with Crippen LogP contribution in [-0.2, 0) is 33.3 Å². The zero-order chi connectivity index (χ0) is 32.4. The Balaban J connectivity index is 1.82. The average molecular weight is 632 g/mol. The number of hydrogen-bond donors (Lipinski definition) is 11. The van der Waals surface area contributed by atoms with Gasteiger partial charge in [0.05, 0.1) is 32.0 Å². The fourth-order valence-electron chi connectivity index (χ4n) is 5.29. The number of rotatable bonds is 12. The molecule has 14 unspecified atom stereocenters. The molecule has 0 aromatic heterocycles. The third kappa shape index (κ3) is 7.66. The van der Waals surface area contributed by atoms with E-state index < -0.39 is 142 Å². The number of Topliss-reactive ketones (excluding diaryl/α,β-unsaturated/α-hetero) is 1. The van der Waals surface area contributed by atoms with Crippen molar-refractivity contribution < 1.29 is 94.6 Å². The van der Waals surface area contributed by atoms with E-state index >= 15 is 0 Å². The Morgan fingerprint density at radius 2 is 1.58 bits per heavy atom. The Morgan fingerprint density at radius 3 is 2.14 bits per heavy atom. The van der Waals surface area contributed by atoms with Gasteiger partial charge in [0.15, 0.2) is 12.6 Å². The van der Waals surface area contributed by atoms with Crippen molar-refractivity contribution in [2.45, 2.75) is 111 Å². The highest BCUT2D eigenvalue weighted by Crippen LogP contribution is 2.39. The van der Waals surface area contributed by atoms with Gasteiger partial charge in [0, 0.05) is 18.8 Å². The van der Waals surface area contributed by atoms with Gasteiger partial charge in [-0.15, -0.1) is 0 Å². The number of aliphatic hydroxyl groups excluding tert-OH is 11. The van der Waals surface area contributed by atoms with Crippen molar-refractivity contribution in [3.63, 3.8) is 0 Å². The largest absolute Gasteiger partial charge is 0.544 e. The minimum Gasteiger partial charge on any atom is -0.544 e. The first-order chi connectivity index (χ1) is 20.1. The van der Waals surface area contributed by atoms with E-state index in [-0.39, 0.29) is 0 Å². The van der Waals surface area contributed by atoms with Crippen molar-refractivity contribution in [3.8, 4) is 0 Å². The molecule has 0 aromatic rings. The Kier molecular flexibility index (Phi) is 12.3. The van der Waals surface area contributed by atoms with E-state index in [1.54, 1.807) is 0 Å². The van der Waals surface area contributed by atoms with Gasteiger partial charge in [-0.25, -0.2) is 0 Å². The highest BCUT2D eigenvalue weighted by Gasteiger charge is 2.54. The van der Waals surface area contributed by atoms with Crippen molar-refractivity contribution in [1.82, 2.24) is 0 Å². The van der Waals surface area contributed by atoms with E-state index in [0.717, 1.165) is 6.92 Å². The van der Waals surface area contributed by atoms with Crippen molar-refractivity contribution in [2.24, 2.45) is 5.92 Å². The monoisotopic (exact) mass is 631 g/mol. The highest BCUT2D eigenvalue weighted by atomic mass is 16.8. The van der Waals surface area contributed by atoms with Gasteiger partial charge in [-0.2, -0.15) is 0 Å². The zero-order valence-electron chi connectivity index (χ0n) is 22.9. The predicted octanol–water partition coefficient (Wildman–Crippen LogP) is -8.47. The highest BCUT2D eigenvalue weighted by molar-refractivity contribution is 5.76. The van der Waals surface area contributed by atoms with Crippen molar-refractivity contribution >= 4 is 11.8 Å². The summed E-state index contributed by atoms with van der Waals surface area (Å²) in [7, 11) is 0. The summed E-state index contributed by atoms with van der Waals surface area (Å²) in [6.07, 6.45) is -27.2. The Morgan fingerprint density at radius 1 is 0.930 bits per heavy atom. The smallest absolute Gasteiger partial charge is 0.212 e. The van der Waals surface area contributed by atoms with Crippen LogP contribution in [0.15, 0.2) is 0 Å². The van der Waals surface area contributed by atoms with Crippen LogP contribution in [0.25, 0.3) is 0 Å². The molecule has 0 radical (unpaired) electrons. The summed E-state index contributed by atoms with van der Waals surface area (Å²) in [5, 5.41) is 124. The molecule has 3 rings (SSSR count). The number of ketones is 1. The summed E-state index contributed by atoms with van der Waals surface area (Å²) in [6.45, 7) is -1.67. The van der Waals surface area contributed by atoms with Gasteiger partial charge in [-0.1, -0.05) is 0 Å². The maximum atomic E-state index is 12.3. The van der Waals surface area contributed by atoms with Crippen LogP contribution < -0.4 is 5.11 Å². The first-order valence-corrected chi connectivity index (χ1v) is 13.4. The van der Waals surface area contributed by atoms with Crippen molar-refractivity contribution in [1.29, 1.82) is 0 Å². The number of carboxylic acid groups (broad SMARTS) is 1. The van der Waals surface area contributed by atoms with Gasteiger partial charge in [0.1, 0.15) is 72.8 Å². The normalized spacial score (nSPS) is 45.3. The van der Waals surface area contributed by atoms with Gasteiger partial charge in [0.25, 0.3) is 0 Å². The molecule has 0 aromatic carbocycles. The second-order valence-electron chi connectivity index (χ2n) is 10.9. The molecular formula is C24H39O19-. The Hall–Kier alpha value is -1.50. The van der Waals surface area contributed by atoms with Gasteiger partial charge < -0.3 is 94.6 Å². The van der Waals surface area contributed by atoms with Crippen LogP contribution >= 0.6 is 0 Å². The SMILES string of the molecule is CC(=O)CC1C(O)CC(OCC2OC(OC3C(CO)OC(O)C(O)C3O)C(O)C(O)C2O)(C(=O)[O-])OC1[C@H](O)[C@H](O)CO. The van der Waals surface area contributed by atoms with Crippen LogP contribution in [0.1, 0.15) is 19.8 Å². The molecule has 43 heavy (non-hydrogen) atoms. The molecule has 19 nitrogen and oxygen atoms in total. The molecule has 0 saturated carbocycles. The molecule has 19 heteroatoms. The summed E-state index contributed by atoms with van der Waals surface area (Å²) in [5.41, 5.74) is 0. The Bertz CT molecular complexity index is 936. The lowest BCUT2D eigenvalue weighted by Gasteiger charge is -2.50. The Labute approximate surface area is 244 Å². The van der Waals surface area contributed by atoms with E-state index in [0.29, 0.717) is 0 Å². The van der Waals surface area contributed by atoms with Crippen LogP contribution in [0.3, 0.4) is 0 Å². The molecule has 16 atom stereocenters. The fraction of sp³-hybridized carbons (Fsp3) is 0.917. The third-order valence-corrected chi connectivity index (χ3v) is 7.75. The summed E-state index contributed by atoms with van der Waals surface area (Å²) in [5.74, 6) is -6.73. The summed E-state index contributed by atoms with van der Waals surface area (Å²) >= 11 is 0. The lowest BCUT2D eigenvalue weighted by Crippen LogP contribution is -2.66. The van der Waals surface area contributed by atoms with E-state index in [2.05, 4.69) is 0 Å². The summed E-state index contributed by atoms with van der Waals surface area (Å²) in [6, 6.07) is 0. The molecule has 0 amide bonds. The van der Waals surface area contributed by atoms with E-state index in [4.69, 9.17) is 23.7 Å². The van der Waals surface area contributed by atoms with Crippen LogP contribution in [0.2, 0.25) is 0 Å². The zero-order valence-corrected chi connectivity index (χ0v) is 22.9. The van der Waals surface area contributed by atoms with Crippen molar-refractivity contribution in [2.75, 3.05) is 19.8 Å². The van der Waals surface area contributed by atoms with Crippen molar-refractivity contribution in [3.05, 3.63) is 0 Å². The van der Waals surface area contributed by atoms with Crippen LogP contribution in [0.5, 0.6) is 0 Å². The lowest BCUT2D eigenvalue weighted by molar-refractivity contribution is -0.394. The number of ether oxygens (including phenoxy) is 5. The topological polar surface area (TPSA) is 326 Å². The molecule has 3 fully saturated rings. The van der Waals surface area contributed by atoms with Gasteiger partial charge >= 0.3 is 0 Å². The quantitative estimate of drug-likeness (QED) is 0.0952. The molecule has 3 aliphatic heterocycles. The second-order valence-corrected chi connectivity index (χ2v) is 10.9. The van der Waals surface area contributed by atoms with E-state index in [9.17, 15) is 70.9 Å². The molecule has 3 aliphatic rings. The predicted molar refractivity (Wildman–Crippen MR) is 129 cm³/mol. The summed E-state index contributed by atoms with van der Waals surface area (Å²) in [4.78, 5) is 24.0. The molecule has 3 saturated heterocycles. The van der Waals surface area contributed by atoms with Crippen LogP contribution in [0, 0.1) is 5.92 Å². The third-order valence-electron chi connectivity index (χ3n) is 7.75. The van der Waals surface area contributed by atoms with Crippen LogP contribution in [-0.4, -0.2) is 179 Å². The summed E-state index contributed by atoms with van der Waals surface area (Å²) < 4.78 is 26.7. The van der Waals surface area contributed by atoms with Gasteiger partial charge in [-0.3, -0.25) is 0 Å².